The maximum Gasteiger partial charge on any atom is 0.511 e. The first kappa shape index (κ1) is 11.0. The molecule has 2 aromatic carbocycles. The van der Waals surface area contributed by atoms with Gasteiger partial charge in [-0.15, -0.1) is 0 Å². The molecule has 0 aliphatic carbocycles. The lowest BCUT2D eigenvalue weighted by Gasteiger charge is -2.05. The summed E-state index contributed by atoms with van der Waals surface area (Å²) in [6.45, 7) is 0. The summed E-state index contributed by atoms with van der Waals surface area (Å²) < 4.78 is 10.0. The molecule has 0 heterocycles. The minimum atomic E-state index is -1.33. The van der Waals surface area contributed by atoms with E-state index in [4.69, 9.17) is 9.84 Å². The zero-order valence-electron chi connectivity index (χ0n) is 8.87. The molecule has 0 unspecified atom stereocenters. The summed E-state index contributed by atoms with van der Waals surface area (Å²) >= 11 is 0. The topological polar surface area (TPSA) is 55.8 Å². The largest absolute Gasteiger partial charge is 0.511 e. The fourth-order valence-electron chi connectivity index (χ4n) is 1.30. The Kier molecular flexibility index (Phi) is 3.25. The first-order chi connectivity index (χ1) is 8.24. The van der Waals surface area contributed by atoms with Crippen LogP contribution in [-0.4, -0.2) is 11.3 Å². The first-order valence-corrected chi connectivity index (χ1v) is 4.98. The lowest BCUT2D eigenvalue weighted by Crippen LogP contribution is -2.02. The predicted molar refractivity (Wildman–Crippen MR) is 61.6 cm³/mol. The fraction of sp³-hybridized carbons (Fsp3) is 0. The maximum atomic E-state index is 10.3. The summed E-state index contributed by atoms with van der Waals surface area (Å²) in [6.07, 6.45) is -1.33. The van der Waals surface area contributed by atoms with Crippen LogP contribution in [0.1, 0.15) is 0 Å². The number of ether oxygens (including phenoxy) is 2. The van der Waals surface area contributed by atoms with Gasteiger partial charge in [0.05, 0.1) is 0 Å². The van der Waals surface area contributed by atoms with E-state index >= 15 is 0 Å². The molecule has 0 saturated carbocycles. The number of hydrogen-bond donors (Lipinski definition) is 1. The van der Waals surface area contributed by atoms with Crippen LogP contribution < -0.4 is 9.47 Å². The van der Waals surface area contributed by atoms with Gasteiger partial charge in [0.15, 0.2) is 0 Å². The lowest BCUT2D eigenvalue weighted by molar-refractivity contribution is 0.144. The van der Waals surface area contributed by atoms with Crippen molar-refractivity contribution in [2.75, 3.05) is 0 Å². The van der Waals surface area contributed by atoms with Gasteiger partial charge in [-0.1, -0.05) is 18.2 Å². The zero-order valence-corrected chi connectivity index (χ0v) is 8.87. The smallest absolute Gasteiger partial charge is 0.457 e. The number of carbonyl (C=O) groups is 1. The molecule has 0 atom stereocenters. The SMILES string of the molecule is O=C(O)Oc1ccc(Oc2ccccc2)cc1. The van der Waals surface area contributed by atoms with Gasteiger partial charge in [-0.25, -0.2) is 4.79 Å². The van der Waals surface area contributed by atoms with E-state index < -0.39 is 6.16 Å². The molecule has 17 heavy (non-hydrogen) atoms. The van der Waals surface area contributed by atoms with Crippen molar-refractivity contribution in [1.29, 1.82) is 0 Å². The normalized spacial score (nSPS) is 9.65. The van der Waals surface area contributed by atoms with Crippen LogP contribution in [0.15, 0.2) is 54.6 Å². The summed E-state index contributed by atoms with van der Waals surface area (Å²) in [5.41, 5.74) is 0. The van der Waals surface area contributed by atoms with E-state index in [0.717, 1.165) is 5.75 Å². The number of para-hydroxylation sites is 1. The molecule has 0 spiro atoms. The van der Waals surface area contributed by atoms with E-state index in [1.807, 2.05) is 30.3 Å². The second kappa shape index (κ2) is 5.03. The third kappa shape index (κ3) is 3.24. The molecule has 86 valence electrons. The van der Waals surface area contributed by atoms with Crippen molar-refractivity contribution in [2.24, 2.45) is 0 Å². The number of rotatable bonds is 3. The van der Waals surface area contributed by atoms with Crippen LogP contribution in [0.3, 0.4) is 0 Å². The van der Waals surface area contributed by atoms with E-state index in [1.54, 1.807) is 12.1 Å². The minimum absolute atomic E-state index is 0.262. The summed E-state index contributed by atoms with van der Waals surface area (Å²) in [4.78, 5) is 10.3. The van der Waals surface area contributed by atoms with Crippen molar-refractivity contribution in [3.63, 3.8) is 0 Å². The van der Waals surface area contributed by atoms with Crippen molar-refractivity contribution < 1.29 is 19.4 Å². The molecular weight excluding hydrogens is 220 g/mol. The zero-order chi connectivity index (χ0) is 12.1. The second-order valence-corrected chi connectivity index (χ2v) is 3.25. The lowest BCUT2D eigenvalue weighted by atomic mass is 10.3. The standard InChI is InChI=1S/C13H10O4/c14-13(15)17-12-8-6-11(7-9-12)16-10-4-2-1-3-5-10/h1-9H,(H,14,15). The Labute approximate surface area is 98.0 Å². The van der Waals surface area contributed by atoms with Gasteiger partial charge in [-0.05, 0) is 36.4 Å². The molecule has 0 fully saturated rings. The summed E-state index contributed by atoms with van der Waals surface area (Å²) in [5, 5.41) is 8.42. The fourth-order valence-corrected chi connectivity index (χ4v) is 1.30. The van der Waals surface area contributed by atoms with E-state index in [2.05, 4.69) is 4.74 Å². The predicted octanol–water partition coefficient (Wildman–Crippen LogP) is 3.54. The van der Waals surface area contributed by atoms with Crippen molar-refractivity contribution in [3.05, 3.63) is 54.6 Å². The Morgan fingerprint density at radius 2 is 1.35 bits per heavy atom. The average Bonchev–Trinajstić information content (AvgIpc) is 2.32. The van der Waals surface area contributed by atoms with Gasteiger partial charge in [0.2, 0.25) is 0 Å². The van der Waals surface area contributed by atoms with Crippen LogP contribution in [-0.2, 0) is 0 Å². The van der Waals surface area contributed by atoms with Crippen LogP contribution in [0.5, 0.6) is 17.2 Å². The summed E-state index contributed by atoms with van der Waals surface area (Å²) in [6, 6.07) is 15.7. The van der Waals surface area contributed by atoms with Crippen LogP contribution in [0.2, 0.25) is 0 Å². The Balaban J connectivity index is 2.06. The van der Waals surface area contributed by atoms with Crippen LogP contribution >= 0.6 is 0 Å². The van der Waals surface area contributed by atoms with E-state index in [0.29, 0.717) is 5.75 Å². The molecular formula is C13H10O4. The molecule has 4 heteroatoms. The van der Waals surface area contributed by atoms with Crippen molar-refractivity contribution in [3.8, 4) is 17.2 Å². The third-order valence-corrected chi connectivity index (χ3v) is 2.01. The molecule has 0 aliphatic rings. The van der Waals surface area contributed by atoms with Gasteiger partial charge < -0.3 is 14.6 Å². The quantitative estimate of drug-likeness (QED) is 0.647. The highest BCUT2D eigenvalue weighted by atomic mass is 16.7. The number of carboxylic acid groups (broad SMARTS) is 1. The number of hydrogen-bond acceptors (Lipinski definition) is 3. The number of benzene rings is 2. The van der Waals surface area contributed by atoms with Gasteiger partial charge in [0.25, 0.3) is 0 Å². The molecule has 4 nitrogen and oxygen atoms in total. The maximum absolute atomic E-state index is 10.3. The first-order valence-electron chi connectivity index (χ1n) is 4.98. The van der Waals surface area contributed by atoms with Gasteiger partial charge in [-0.3, -0.25) is 0 Å². The second-order valence-electron chi connectivity index (χ2n) is 3.25. The Morgan fingerprint density at radius 1 is 0.824 bits per heavy atom. The van der Waals surface area contributed by atoms with Crippen molar-refractivity contribution in [2.45, 2.75) is 0 Å². The van der Waals surface area contributed by atoms with Gasteiger partial charge in [-0.2, -0.15) is 0 Å². The molecule has 1 N–H and O–H groups in total. The van der Waals surface area contributed by atoms with Crippen LogP contribution in [0.4, 0.5) is 4.79 Å². The summed E-state index contributed by atoms with van der Waals surface area (Å²) in [7, 11) is 0. The molecule has 0 aliphatic heterocycles. The Morgan fingerprint density at radius 3 is 1.94 bits per heavy atom. The Hall–Kier alpha value is -2.49. The van der Waals surface area contributed by atoms with Gasteiger partial charge >= 0.3 is 6.16 Å². The van der Waals surface area contributed by atoms with E-state index in [-0.39, 0.29) is 5.75 Å². The molecule has 0 aromatic heterocycles. The van der Waals surface area contributed by atoms with E-state index in [9.17, 15) is 4.79 Å². The van der Waals surface area contributed by atoms with E-state index in [1.165, 1.54) is 12.1 Å². The van der Waals surface area contributed by atoms with Crippen LogP contribution in [0, 0.1) is 0 Å². The molecule has 2 aromatic rings. The monoisotopic (exact) mass is 230 g/mol. The van der Waals surface area contributed by atoms with Gasteiger partial charge in [0, 0.05) is 0 Å². The van der Waals surface area contributed by atoms with Crippen molar-refractivity contribution in [1.82, 2.24) is 0 Å². The summed E-state index contributed by atoms with van der Waals surface area (Å²) in [5.74, 6) is 1.60. The molecule has 0 bridgehead atoms. The molecule has 0 radical (unpaired) electrons. The molecule has 2 rings (SSSR count). The van der Waals surface area contributed by atoms with Crippen LogP contribution in [0.25, 0.3) is 0 Å². The highest BCUT2D eigenvalue weighted by Crippen LogP contribution is 2.23. The average molecular weight is 230 g/mol. The molecule has 0 amide bonds. The van der Waals surface area contributed by atoms with Gasteiger partial charge in [0.1, 0.15) is 17.2 Å². The Bertz CT molecular complexity index is 491. The molecule has 0 saturated heterocycles. The highest BCUT2D eigenvalue weighted by Gasteiger charge is 2.01. The highest BCUT2D eigenvalue weighted by molar-refractivity contribution is 5.61. The van der Waals surface area contributed by atoms with Crippen molar-refractivity contribution >= 4 is 6.16 Å². The minimum Gasteiger partial charge on any atom is -0.457 e. The third-order valence-electron chi connectivity index (χ3n) is 2.01.